The summed E-state index contributed by atoms with van der Waals surface area (Å²) < 4.78 is 0. The molecule has 3 heteroatoms. The number of aromatic nitrogens is 1. The van der Waals surface area contributed by atoms with Crippen molar-refractivity contribution in [3.63, 3.8) is 0 Å². The zero-order valence-corrected chi connectivity index (χ0v) is 13.2. The molecule has 0 saturated heterocycles. The van der Waals surface area contributed by atoms with Crippen LogP contribution in [-0.2, 0) is 12.8 Å². The van der Waals surface area contributed by atoms with Crippen molar-refractivity contribution in [2.45, 2.75) is 45.6 Å². The summed E-state index contributed by atoms with van der Waals surface area (Å²) in [5.74, 6) is 0. The Hall–Kier alpha value is -1.19. The third kappa shape index (κ3) is 4.15. The molecule has 1 N–H and O–H groups in total. The first-order chi connectivity index (χ1) is 9.85. The van der Waals surface area contributed by atoms with Crippen LogP contribution in [0.15, 0.2) is 36.0 Å². The normalized spacial score (nSPS) is 12.5. The maximum atomic E-state index is 4.26. The molecular formula is C17H24N2S. The van der Waals surface area contributed by atoms with Gasteiger partial charge in [-0.1, -0.05) is 19.9 Å². The van der Waals surface area contributed by atoms with Crippen LogP contribution in [-0.4, -0.2) is 11.5 Å². The fourth-order valence-electron chi connectivity index (χ4n) is 2.50. The number of thiophene rings is 1. The Balaban J connectivity index is 2.09. The van der Waals surface area contributed by atoms with Gasteiger partial charge in [-0.05, 0) is 60.9 Å². The number of nitrogens with one attached hydrogen (secondary N) is 1. The van der Waals surface area contributed by atoms with E-state index in [2.05, 4.69) is 47.7 Å². The van der Waals surface area contributed by atoms with Crippen LogP contribution in [0, 0.1) is 0 Å². The minimum Gasteiger partial charge on any atom is -0.310 e. The zero-order chi connectivity index (χ0) is 14.2. The molecule has 0 amide bonds. The van der Waals surface area contributed by atoms with Gasteiger partial charge in [-0.15, -0.1) is 11.3 Å². The smallest absolute Gasteiger partial charge is 0.0327 e. The van der Waals surface area contributed by atoms with Crippen LogP contribution in [0.1, 0.15) is 48.7 Å². The van der Waals surface area contributed by atoms with E-state index in [0.717, 1.165) is 25.8 Å². The third-order valence-electron chi connectivity index (χ3n) is 3.60. The second-order valence-electron chi connectivity index (χ2n) is 5.05. The molecule has 0 fully saturated rings. The minimum absolute atomic E-state index is 0.440. The fourth-order valence-corrected chi connectivity index (χ4v) is 3.23. The van der Waals surface area contributed by atoms with Crippen LogP contribution in [0.2, 0.25) is 0 Å². The van der Waals surface area contributed by atoms with Crippen molar-refractivity contribution in [3.05, 3.63) is 52.0 Å². The van der Waals surface area contributed by atoms with Crippen LogP contribution in [0.3, 0.4) is 0 Å². The fraction of sp³-hybridized carbons (Fsp3) is 0.471. The van der Waals surface area contributed by atoms with E-state index in [1.807, 2.05) is 23.7 Å². The molecule has 0 aliphatic rings. The number of rotatable bonds is 8. The van der Waals surface area contributed by atoms with Gasteiger partial charge in [-0.2, -0.15) is 0 Å². The van der Waals surface area contributed by atoms with Crippen molar-refractivity contribution in [3.8, 4) is 0 Å². The van der Waals surface area contributed by atoms with Crippen LogP contribution < -0.4 is 5.32 Å². The molecule has 0 aliphatic heterocycles. The lowest BCUT2D eigenvalue weighted by Crippen LogP contribution is -2.23. The van der Waals surface area contributed by atoms with Crippen LogP contribution in [0.4, 0.5) is 0 Å². The van der Waals surface area contributed by atoms with E-state index in [1.54, 1.807) is 0 Å². The van der Waals surface area contributed by atoms with Crippen LogP contribution in [0.5, 0.6) is 0 Å². The second-order valence-corrected chi connectivity index (χ2v) is 6.09. The Morgan fingerprint density at radius 3 is 2.90 bits per heavy atom. The molecule has 0 aromatic carbocycles. The second kappa shape index (κ2) is 8.18. The number of aryl methyl sites for hydroxylation is 2. The van der Waals surface area contributed by atoms with Gasteiger partial charge in [-0.3, -0.25) is 4.98 Å². The molecule has 20 heavy (non-hydrogen) atoms. The molecule has 0 bridgehead atoms. The molecule has 2 aromatic heterocycles. The molecule has 1 unspecified atom stereocenters. The van der Waals surface area contributed by atoms with Crippen molar-refractivity contribution in [1.82, 2.24) is 10.3 Å². The highest BCUT2D eigenvalue weighted by atomic mass is 32.1. The first-order valence-electron chi connectivity index (χ1n) is 7.53. The molecular weight excluding hydrogens is 264 g/mol. The number of nitrogens with zero attached hydrogens (tertiary/aromatic N) is 1. The van der Waals surface area contributed by atoms with Gasteiger partial charge in [-0.25, -0.2) is 0 Å². The Morgan fingerprint density at radius 1 is 1.30 bits per heavy atom. The summed E-state index contributed by atoms with van der Waals surface area (Å²) in [5.41, 5.74) is 2.79. The lowest BCUT2D eigenvalue weighted by Gasteiger charge is -2.21. The molecule has 2 nitrogen and oxygen atoms in total. The molecule has 0 spiro atoms. The lowest BCUT2D eigenvalue weighted by atomic mass is 9.96. The van der Waals surface area contributed by atoms with Crippen molar-refractivity contribution in [1.29, 1.82) is 0 Å². The molecule has 2 aromatic rings. The summed E-state index contributed by atoms with van der Waals surface area (Å²) in [6.07, 6.45) is 8.44. The average molecular weight is 288 g/mol. The van der Waals surface area contributed by atoms with E-state index in [0.29, 0.717) is 6.04 Å². The highest BCUT2D eigenvalue weighted by molar-refractivity contribution is 7.09. The molecule has 2 heterocycles. The third-order valence-corrected chi connectivity index (χ3v) is 4.53. The summed E-state index contributed by atoms with van der Waals surface area (Å²) in [4.78, 5) is 5.74. The van der Waals surface area contributed by atoms with Gasteiger partial charge in [0.05, 0.1) is 0 Å². The van der Waals surface area contributed by atoms with E-state index >= 15 is 0 Å². The molecule has 2 rings (SSSR count). The molecule has 0 aliphatic carbocycles. The summed E-state index contributed by atoms with van der Waals surface area (Å²) in [7, 11) is 0. The van der Waals surface area contributed by atoms with Crippen molar-refractivity contribution in [2.24, 2.45) is 0 Å². The van der Waals surface area contributed by atoms with Gasteiger partial charge in [0, 0.05) is 23.3 Å². The zero-order valence-electron chi connectivity index (χ0n) is 12.4. The van der Waals surface area contributed by atoms with E-state index in [-0.39, 0.29) is 0 Å². The highest BCUT2D eigenvalue weighted by Gasteiger charge is 2.14. The minimum atomic E-state index is 0.440. The Morgan fingerprint density at radius 2 is 2.20 bits per heavy atom. The predicted octanol–water partition coefficient (Wildman–Crippen LogP) is 4.38. The average Bonchev–Trinajstić information content (AvgIpc) is 3.01. The maximum Gasteiger partial charge on any atom is 0.0327 e. The molecule has 0 saturated carbocycles. The van der Waals surface area contributed by atoms with Gasteiger partial charge in [0.2, 0.25) is 0 Å². The van der Waals surface area contributed by atoms with E-state index in [1.165, 1.54) is 22.4 Å². The monoisotopic (exact) mass is 288 g/mol. The van der Waals surface area contributed by atoms with Crippen molar-refractivity contribution >= 4 is 11.3 Å². The van der Waals surface area contributed by atoms with Crippen LogP contribution in [0.25, 0.3) is 0 Å². The SMILES string of the molecule is CCCNC(CCc1cccs1)c1ccncc1CC. The Labute approximate surface area is 126 Å². The van der Waals surface area contributed by atoms with Gasteiger partial charge in [0.25, 0.3) is 0 Å². The largest absolute Gasteiger partial charge is 0.310 e. The summed E-state index contributed by atoms with van der Waals surface area (Å²) in [5, 5.41) is 5.86. The van der Waals surface area contributed by atoms with Gasteiger partial charge >= 0.3 is 0 Å². The molecule has 0 radical (unpaired) electrons. The van der Waals surface area contributed by atoms with Gasteiger partial charge in [0.1, 0.15) is 0 Å². The van der Waals surface area contributed by atoms with Crippen molar-refractivity contribution in [2.75, 3.05) is 6.54 Å². The lowest BCUT2D eigenvalue weighted by molar-refractivity contribution is 0.497. The van der Waals surface area contributed by atoms with E-state index < -0.39 is 0 Å². The number of pyridine rings is 1. The quantitative estimate of drug-likeness (QED) is 0.779. The van der Waals surface area contributed by atoms with Crippen LogP contribution >= 0.6 is 11.3 Å². The summed E-state index contributed by atoms with van der Waals surface area (Å²) in [6.45, 7) is 5.49. The van der Waals surface area contributed by atoms with Gasteiger partial charge in [0.15, 0.2) is 0 Å². The maximum absolute atomic E-state index is 4.26. The summed E-state index contributed by atoms with van der Waals surface area (Å²) in [6, 6.07) is 6.99. The van der Waals surface area contributed by atoms with Crippen molar-refractivity contribution < 1.29 is 0 Å². The number of hydrogen-bond donors (Lipinski definition) is 1. The summed E-state index contributed by atoms with van der Waals surface area (Å²) >= 11 is 1.85. The molecule has 108 valence electrons. The first-order valence-corrected chi connectivity index (χ1v) is 8.41. The van der Waals surface area contributed by atoms with Gasteiger partial charge < -0.3 is 5.32 Å². The van der Waals surface area contributed by atoms with E-state index in [4.69, 9.17) is 0 Å². The Kier molecular flexibility index (Phi) is 6.22. The highest BCUT2D eigenvalue weighted by Crippen LogP contribution is 2.24. The standard InChI is InChI=1S/C17H24N2S/c1-3-10-19-17(8-7-15-6-5-12-20-15)16-9-11-18-13-14(16)4-2/h5-6,9,11-13,17,19H,3-4,7-8,10H2,1-2H3. The molecule has 1 atom stereocenters. The van der Waals surface area contributed by atoms with E-state index in [9.17, 15) is 0 Å². The first kappa shape index (κ1) is 15.2. The topological polar surface area (TPSA) is 24.9 Å². The Bertz CT molecular complexity index is 493. The number of hydrogen-bond acceptors (Lipinski definition) is 3. The predicted molar refractivity (Wildman–Crippen MR) is 87.3 cm³/mol.